The summed E-state index contributed by atoms with van der Waals surface area (Å²) in [7, 11) is 0. The van der Waals surface area contributed by atoms with Crippen LogP contribution in [0.1, 0.15) is 23.7 Å². The molecule has 4 heteroatoms. The minimum Gasteiger partial charge on any atom is -0.478 e. The number of carboxylic acids is 1. The van der Waals surface area contributed by atoms with Crippen molar-refractivity contribution in [2.75, 3.05) is 5.75 Å². The molecule has 0 aliphatic rings. The van der Waals surface area contributed by atoms with Crippen LogP contribution >= 0.6 is 11.8 Å². The molecule has 1 aromatic heterocycles. The van der Waals surface area contributed by atoms with Crippen molar-refractivity contribution in [2.24, 2.45) is 0 Å². The van der Waals surface area contributed by atoms with E-state index in [1.807, 2.05) is 0 Å². The number of carboxylic acid groups (broad SMARTS) is 1. The summed E-state index contributed by atoms with van der Waals surface area (Å²) in [5, 5.41) is 8.69. The maximum atomic E-state index is 10.6. The summed E-state index contributed by atoms with van der Waals surface area (Å²) in [5.41, 5.74) is 0.251. The molecule has 0 atom stereocenters. The van der Waals surface area contributed by atoms with Gasteiger partial charge in [0, 0.05) is 17.3 Å². The van der Waals surface area contributed by atoms with Crippen LogP contribution in [0.5, 0.6) is 0 Å². The fourth-order valence-corrected chi connectivity index (χ4v) is 1.62. The Labute approximate surface area is 81.2 Å². The smallest absolute Gasteiger partial charge is 0.337 e. The molecule has 0 unspecified atom stereocenters. The summed E-state index contributed by atoms with van der Waals surface area (Å²) in [4.78, 5) is 15.4. The van der Waals surface area contributed by atoms with Crippen molar-refractivity contribution < 1.29 is 9.90 Å². The zero-order chi connectivity index (χ0) is 9.68. The third kappa shape index (κ3) is 3.06. The predicted octanol–water partition coefficient (Wildman–Crippen LogP) is 2.28. The number of rotatable bonds is 4. The molecule has 0 bridgehead atoms. The van der Waals surface area contributed by atoms with Gasteiger partial charge in [0.05, 0.1) is 5.56 Å². The van der Waals surface area contributed by atoms with Gasteiger partial charge in [-0.1, -0.05) is 6.92 Å². The van der Waals surface area contributed by atoms with Crippen LogP contribution in [0.2, 0.25) is 0 Å². The highest BCUT2D eigenvalue weighted by atomic mass is 32.2. The van der Waals surface area contributed by atoms with Crippen molar-refractivity contribution in [3.8, 4) is 0 Å². The van der Waals surface area contributed by atoms with E-state index in [0.717, 1.165) is 17.1 Å². The third-order valence-electron chi connectivity index (χ3n) is 1.43. The van der Waals surface area contributed by atoms with Crippen molar-refractivity contribution in [1.82, 2.24) is 4.98 Å². The maximum Gasteiger partial charge on any atom is 0.337 e. The molecule has 0 aliphatic heterocycles. The number of hydrogen-bond donors (Lipinski definition) is 1. The first-order valence-corrected chi connectivity index (χ1v) is 5.03. The summed E-state index contributed by atoms with van der Waals surface area (Å²) in [6.07, 6.45) is 4.12. The second-order valence-electron chi connectivity index (χ2n) is 2.56. The zero-order valence-corrected chi connectivity index (χ0v) is 8.17. The van der Waals surface area contributed by atoms with Gasteiger partial charge < -0.3 is 5.11 Å². The van der Waals surface area contributed by atoms with Crippen LogP contribution in [0.15, 0.2) is 23.4 Å². The van der Waals surface area contributed by atoms with Gasteiger partial charge in [0.15, 0.2) is 0 Å². The molecule has 1 heterocycles. The molecule has 13 heavy (non-hydrogen) atoms. The molecule has 1 N–H and O–H groups in total. The molecule has 0 amide bonds. The lowest BCUT2D eigenvalue weighted by Gasteiger charge is -1.99. The molecule has 0 saturated heterocycles. The third-order valence-corrected chi connectivity index (χ3v) is 2.60. The van der Waals surface area contributed by atoms with Gasteiger partial charge in [-0.25, -0.2) is 4.79 Å². The second-order valence-corrected chi connectivity index (χ2v) is 3.73. The van der Waals surface area contributed by atoms with E-state index in [4.69, 9.17) is 5.11 Å². The van der Waals surface area contributed by atoms with E-state index in [1.54, 1.807) is 24.0 Å². The number of pyridine rings is 1. The molecular weight excluding hydrogens is 186 g/mol. The van der Waals surface area contributed by atoms with E-state index in [0.29, 0.717) is 0 Å². The summed E-state index contributed by atoms with van der Waals surface area (Å²) in [6, 6.07) is 1.65. The number of carbonyl (C=O) groups is 1. The Balaban J connectivity index is 2.73. The summed E-state index contributed by atoms with van der Waals surface area (Å²) in [6.45, 7) is 2.08. The Morgan fingerprint density at radius 3 is 3.00 bits per heavy atom. The van der Waals surface area contributed by atoms with E-state index in [2.05, 4.69) is 11.9 Å². The van der Waals surface area contributed by atoms with Gasteiger partial charge in [0.25, 0.3) is 0 Å². The highest BCUT2D eigenvalue weighted by Gasteiger charge is 2.03. The highest BCUT2D eigenvalue weighted by molar-refractivity contribution is 7.99. The van der Waals surface area contributed by atoms with E-state index in [-0.39, 0.29) is 5.56 Å². The first kappa shape index (κ1) is 10.1. The van der Waals surface area contributed by atoms with Crippen LogP contribution in [0.25, 0.3) is 0 Å². The van der Waals surface area contributed by atoms with Gasteiger partial charge in [0.2, 0.25) is 0 Å². The van der Waals surface area contributed by atoms with Crippen LogP contribution < -0.4 is 0 Å². The monoisotopic (exact) mass is 197 g/mol. The molecule has 0 aliphatic carbocycles. The number of nitrogens with zero attached hydrogens (tertiary/aromatic N) is 1. The van der Waals surface area contributed by atoms with E-state index >= 15 is 0 Å². The lowest BCUT2D eigenvalue weighted by molar-refractivity contribution is 0.0696. The van der Waals surface area contributed by atoms with E-state index in [9.17, 15) is 4.79 Å². The molecule has 1 rings (SSSR count). The molecule has 0 saturated carbocycles. The zero-order valence-electron chi connectivity index (χ0n) is 7.36. The van der Waals surface area contributed by atoms with Crippen LogP contribution in [-0.4, -0.2) is 21.8 Å². The summed E-state index contributed by atoms with van der Waals surface area (Å²) >= 11 is 1.63. The SMILES string of the molecule is CCCSc1cncc(C(=O)O)c1. The topological polar surface area (TPSA) is 50.2 Å². The number of thioether (sulfide) groups is 1. The van der Waals surface area contributed by atoms with Gasteiger partial charge in [0.1, 0.15) is 0 Å². The van der Waals surface area contributed by atoms with Gasteiger partial charge in [-0.3, -0.25) is 4.98 Å². The molecule has 0 aromatic carbocycles. The molecule has 1 aromatic rings. The number of aromatic carboxylic acids is 1. The van der Waals surface area contributed by atoms with Gasteiger partial charge in [-0.15, -0.1) is 11.8 Å². The van der Waals surface area contributed by atoms with Crippen LogP contribution in [0.3, 0.4) is 0 Å². The molecular formula is C9H11NO2S. The minimum absolute atomic E-state index is 0.251. The lowest BCUT2D eigenvalue weighted by atomic mass is 10.3. The lowest BCUT2D eigenvalue weighted by Crippen LogP contribution is -1.96. The minimum atomic E-state index is -0.925. The Bertz CT molecular complexity index is 301. The van der Waals surface area contributed by atoms with Crippen molar-refractivity contribution in [2.45, 2.75) is 18.2 Å². The normalized spacial score (nSPS) is 9.92. The van der Waals surface area contributed by atoms with Crippen LogP contribution in [0.4, 0.5) is 0 Å². The highest BCUT2D eigenvalue weighted by Crippen LogP contribution is 2.18. The Hall–Kier alpha value is -1.03. The van der Waals surface area contributed by atoms with Gasteiger partial charge in [-0.2, -0.15) is 0 Å². The standard InChI is InChI=1S/C9H11NO2S/c1-2-3-13-8-4-7(9(11)12)5-10-6-8/h4-6H,2-3H2,1H3,(H,11,12). The fraction of sp³-hybridized carbons (Fsp3) is 0.333. The Morgan fingerprint density at radius 2 is 2.38 bits per heavy atom. The van der Waals surface area contributed by atoms with Crippen molar-refractivity contribution in [1.29, 1.82) is 0 Å². The first-order valence-electron chi connectivity index (χ1n) is 4.05. The Morgan fingerprint density at radius 1 is 1.62 bits per heavy atom. The van der Waals surface area contributed by atoms with Crippen LogP contribution in [0, 0.1) is 0 Å². The molecule has 70 valence electrons. The first-order chi connectivity index (χ1) is 6.24. The quantitative estimate of drug-likeness (QED) is 0.752. The number of hydrogen-bond acceptors (Lipinski definition) is 3. The fourth-order valence-electron chi connectivity index (χ4n) is 0.835. The van der Waals surface area contributed by atoms with Gasteiger partial charge in [-0.05, 0) is 18.2 Å². The predicted molar refractivity (Wildman–Crippen MR) is 52.2 cm³/mol. The van der Waals surface area contributed by atoms with Crippen molar-refractivity contribution >= 4 is 17.7 Å². The van der Waals surface area contributed by atoms with E-state index < -0.39 is 5.97 Å². The average Bonchev–Trinajstić information content (AvgIpc) is 2.15. The molecule has 0 spiro atoms. The molecule has 0 radical (unpaired) electrons. The summed E-state index contributed by atoms with van der Waals surface area (Å²) in [5.74, 6) is 0.0662. The second kappa shape index (κ2) is 4.87. The average molecular weight is 197 g/mol. The Kier molecular flexibility index (Phi) is 3.76. The maximum absolute atomic E-state index is 10.6. The molecule has 0 fully saturated rings. The van der Waals surface area contributed by atoms with E-state index in [1.165, 1.54) is 6.20 Å². The van der Waals surface area contributed by atoms with Crippen molar-refractivity contribution in [3.63, 3.8) is 0 Å². The van der Waals surface area contributed by atoms with Gasteiger partial charge >= 0.3 is 5.97 Å². The summed E-state index contributed by atoms with van der Waals surface area (Å²) < 4.78 is 0. The molecule has 3 nitrogen and oxygen atoms in total. The number of aromatic nitrogens is 1. The van der Waals surface area contributed by atoms with Crippen molar-refractivity contribution in [3.05, 3.63) is 24.0 Å². The largest absolute Gasteiger partial charge is 0.478 e. The van der Waals surface area contributed by atoms with Crippen LogP contribution in [-0.2, 0) is 0 Å².